The zero-order valence-electron chi connectivity index (χ0n) is 11.8. The fourth-order valence-corrected chi connectivity index (χ4v) is 2.51. The smallest absolute Gasteiger partial charge is 0.408 e. The fourth-order valence-electron chi connectivity index (χ4n) is 1.97. The number of ether oxygens (including phenoxy) is 1. The average Bonchev–Trinajstić information content (AvgIpc) is 2.51. The minimum Gasteiger partial charge on any atom is -0.445 e. The highest BCUT2D eigenvalue weighted by Crippen LogP contribution is 2.18. The third-order valence-electron chi connectivity index (χ3n) is 3.42. The van der Waals surface area contributed by atoms with E-state index >= 15 is 0 Å². The molecule has 1 rings (SSSR count). The van der Waals surface area contributed by atoms with Gasteiger partial charge in [-0.25, -0.2) is 4.79 Å². The van der Waals surface area contributed by atoms with Crippen molar-refractivity contribution < 1.29 is 14.3 Å². The van der Waals surface area contributed by atoms with Crippen LogP contribution in [0, 0.1) is 0 Å². The van der Waals surface area contributed by atoms with Crippen molar-refractivity contribution in [3.8, 4) is 0 Å². The molecule has 4 nitrogen and oxygen atoms in total. The van der Waals surface area contributed by atoms with E-state index in [9.17, 15) is 9.59 Å². The van der Waals surface area contributed by atoms with E-state index in [4.69, 9.17) is 4.74 Å². The predicted molar refractivity (Wildman–Crippen MR) is 81.9 cm³/mol. The third kappa shape index (κ3) is 4.34. The molecule has 5 heteroatoms. The highest BCUT2D eigenvalue weighted by atomic mass is 79.9. The number of Topliss-reactive ketones (excluding diaryl/α,β-unsaturated/α-hetero) is 1. The minimum atomic E-state index is -0.850. The highest BCUT2D eigenvalue weighted by Gasteiger charge is 2.35. The van der Waals surface area contributed by atoms with E-state index in [0.717, 1.165) is 5.56 Å². The molecule has 0 heterocycles. The number of carbonyl (C=O) groups excluding carboxylic acids is 2. The van der Waals surface area contributed by atoms with Crippen molar-refractivity contribution in [1.29, 1.82) is 0 Å². The van der Waals surface area contributed by atoms with Crippen LogP contribution in [0.5, 0.6) is 0 Å². The Hall–Kier alpha value is -1.36. The average molecular weight is 342 g/mol. The Morgan fingerprint density at radius 1 is 1.20 bits per heavy atom. The molecule has 0 spiro atoms. The van der Waals surface area contributed by atoms with Crippen molar-refractivity contribution in [2.24, 2.45) is 0 Å². The summed E-state index contributed by atoms with van der Waals surface area (Å²) in [6.45, 7) is 3.95. The van der Waals surface area contributed by atoms with Crippen LogP contribution in [-0.4, -0.2) is 22.7 Å². The van der Waals surface area contributed by atoms with Crippen LogP contribution >= 0.6 is 15.9 Å². The first-order valence-electron chi connectivity index (χ1n) is 6.66. The van der Waals surface area contributed by atoms with Gasteiger partial charge in [-0.15, -0.1) is 0 Å². The van der Waals surface area contributed by atoms with Crippen molar-refractivity contribution in [2.75, 3.05) is 5.33 Å². The number of rotatable bonds is 7. The third-order valence-corrected chi connectivity index (χ3v) is 3.93. The van der Waals surface area contributed by atoms with Crippen LogP contribution in [0.3, 0.4) is 0 Å². The Morgan fingerprint density at radius 2 is 1.80 bits per heavy atom. The predicted octanol–water partition coefficient (Wildman–Crippen LogP) is 3.44. The number of ketones is 1. The summed E-state index contributed by atoms with van der Waals surface area (Å²) in [4.78, 5) is 23.9. The van der Waals surface area contributed by atoms with Crippen LogP contribution in [0.2, 0.25) is 0 Å². The quantitative estimate of drug-likeness (QED) is 0.773. The standard InChI is InChI=1S/C15H20BrNO3/c1-3-15(4-2,13(18)10-16)17-14(19)20-11-12-8-6-5-7-9-12/h5-9H,3-4,10-11H2,1-2H3,(H,17,19). The largest absolute Gasteiger partial charge is 0.445 e. The van der Waals surface area contributed by atoms with Crippen molar-refractivity contribution in [3.63, 3.8) is 0 Å². The first kappa shape index (κ1) is 16.7. The van der Waals surface area contributed by atoms with E-state index in [2.05, 4.69) is 21.2 Å². The molecule has 0 radical (unpaired) electrons. The molecule has 0 atom stereocenters. The SMILES string of the molecule is CCC(CC)(NC(=O)OCc1ccccc1)C(=O)CBr. The maximum Gasteiger partial charge on any atom is 0.408 e. The lowest BCUT2D eigenvalue weighted by molar-refractivity contribution is -0.123. The van der Waals surface area contributed by atoms with Gasteiger partial charge in [-0.05, 0) is 18.4 Å². The normalized spacial score (nSPS) is 10.9. The molecule has 0 bridgehead atoms. The van der Waals surface area contributed by atoms with Gasteiger partial charge >= 0.3 is 6.09 Å². The molecule has 0 aromatic heterocycles. The molecule has 0 saturated carbocycles. The van der Waals surface area contributed by atoms with E-state index in [-0.39, 0.29) is 17.7 Å². The van der Waals surface area contributed by atoms with Crippen LogP contribution in [0.4, 0.5) is 4.79 Å². The van der Waals surface area contributed by atoms with E-state index in [1.54, 1.807) is 0 Å². The molecular formula is C15H20BrNO3. The number of benzene rings is 1. The molecule has 0 aliphatic rings. The lowest BCUT2D eigenvalue weighted by Gasteiger charge is -2.30. The summed E-state index contributed by atoms with van der Waals surface area (Å²) in [5.74, 6) is -0.0424. The molecule has 1 amide bonds. The van der Waals surface area contributed by atoms with Gasteiger partial charge in [-0.2, -0.15) is 0 Å². The van der Waals surface area contributed by atoms with Gasteiger partial charge in [-0.1, -0.05) is 60.1 Å². The van der Waals surface area contributed by atoms with Gasteiger partial charge in [0.1, 0.15) is 12.1 Å². The van der Waals surface area contributed by atoms with Gasteiger partial charge in [0.15, 0.2) is 5.78 Å². The lowest BCUT2D eigenvalue weighted by Crippen LogP contribution is -2.54. The molecule has 0 saturated heterocycles. The van der Waals surface area contributed by atoms with Crippen LogP contribution in [0.15, 0.2) is 30.3 Å². The molecular weight excluding hydrogens is 322 g/mol. The number of alkyl carbamates (subject to hydrolysis) is 1. The van der Waals surface area contributed by atoms with E-state index in [1.165, 1.54) is 0 Å². The van der Waals surface area contributed by atoms with Crippen molar-refractivity contribution in [2.45, 2.75) is 38.8 Å². The molecule has 110 valence electrons. The number of halogens is 1. The fraction of sp³-hybridized carbons (Fsp3) is 0.467. The zero-order valence-corrected chi connectivity index (χ0v) is 13.4. The molecule has 20 heavy (non-hydrogen) atoms. The van der Waals surface area contributed by atoms with Crippen molar-refractivity contribution in [1.82, 2.24) is 5.32 Å². The van der Waals surface area contributed by atoms with Gasteiger partial charge in [0.25, 0.3) is 0 Å². The zero-order chi connectivity index (χ0) is 15.0. The Bertz CT molecular complexity index is 444. The number of amides is 1. The number of hydrogen-bond acceptors (Lipinski definition) is 3. The number of nitrogens with one attached hydrogen (secondary N) is 1. The van der Waals surface area contributed by atoms with E-state index < -0.39 is 11.6 Å². The van der Waals surface area contributed by atoms with E-state index in [1.807, 2.05) is 44.2 Å². The first-order valence-corrected chi connectivity index (χ1v) is 7.78. The lowest BCUT2D eigenvalue weighted by atomic mass is 9.89. The molecule has 1 aromatic carbocycles. The highest BCUT2D eigenvalue weighted by molar-refractivity contribution is 9.09. The van der Waals surface area contributed by atoms with Crippen LogP contribution in [0.1, 0.15) is 32.3 Å². The first-order chi connectivity index (χ1) is 9.57. The van der Waals surface area contributed by atoms with Gasteiger partial charge in [-0.3, -0.25) is 4.79 Å². The summed E-state index contributed by atoms with van der Waals surface area (Å²) in [7, 11) is 0. The summed E-state index contributed by atoms with van der Waals surface area (Å²) in [6, 6.07) is 9.42. The molecule has 0 aliphatic carbocycles. The van der Waals surface area contributed by atoms with Gasteiger partial charge in [0, 0.05) is 0 Å². The summed E-state index contributed by atoms with van der Waals surface area (Å²) in [5, 5.41) is 2.93. The van der Waals surface area contributed by atoms with Crippen LogP contribution < -0.4 is 5.32 Å². The van der Waals surface area contributed by atoms with Gasteiger partial charge in [0.05, 0.1) is 5.33 Å². The monoisotopic (exact) mass is 341 g/mol. The Balaban J connectivity index is 2.61. The summed E-state index contributed by atoms with van der Waals surface area (Å²) < 4.78 is 5.16. The maximum absolute atomic E-state index is 12.0. The summed E-state index contributed by atoms with van der Waals surface area (Å²) in [5.41, 5.74) is 0.0603. The summed E-state index contributed by atoms with van der Waals surface area (Å²) >= 11 is 3.16. The second kappa shape index (κ2) is 8.04. The topological polar surface area (TPSA) is 55.4 Å². The molecule has 0 unspecified atom stereocenters. The Labute approximate surface area is 128 Å². The number of alkyl halides is 1. The minimum absolute atomic E-state index is 0.0424. The number of carbonyl (C=O) groups is 2. The molecule has 0 aliphatic heterocycles. The van der Waals surface area contributed by atoms with Crippen molar-refractivity contribution in [3.05, 3.63) is 35.9 Å². The second-order valence-electron chi connectivity index (χ2n) is 4.53. The molecule has 1 N–H and O–H groups in total. The van der Waals surface area contributed by atoms with Crippen LogP contribution in [-0.2, 0) is 16.1 Å². The maximum atomic E-state index is 12.0. The van der Waals surface area contributed by atoms with Crippen LogP contribution in [0.25, 0.3) is 0 Å². The summed E-state index contributed by atoms with van der Waals surface area (Å²) in [6.07, 6.45) is 0.509. The second-order valence-corrected chi connectivity index (χ2v) is 5.09. The Kier molecular flexibility index (Phi) is 6.71. The molecule has 1 aromatic rings. The van der Waals surface area contributed by atoms with Gasteiger partial charge < -0.3 is 10.1 Å². The molecule has 0 fully saturated rings. The number of hydrogen-bond donors (Lipinski definition) is 1. The van der Waals surface area contributed by atoms with Gasteiger partial charge in [0.2, 0.25) is 0 Å². The Morgan fingerprint density at radius 3 is 2.30 bits per heavy atom. The van der Waals surface area contributed by atoms with Crippen molar-refractivity contribution >= 4 is 27.8 Å². The van der Waals surface area contributed by atoms with E-state index in [0.29, 0.717) is 12.8 Å².